The lowest BCUT2D eigenvalue weighted by Crippen LogP contribution is -2.45. The number of hydrogen-bond acceptors (Lipinski definition) is 5. The first-order chi connectivity index (χ1) is 12.6. The first-order valence-electron chi connectivity index (χ1n) is 8.03. The molecule has 2 aromatic rings. The van der Waals surface area contributed by atoms with E-state index in [0.29, 0.717) is 30.3 Å². The molecule has 0 bridgehead atoms. The number of pyridine rings is 1. The molecule has 8 heteroatoms. The number of rotatable bonds is 4. The minimum Gasteiger partial charge on any atom is -0.496 e. The lowest BCUT2D eigenvalue weighted by atomic mass is 10.1. The van der Waals surface area contributed by atoms with Gasteiger partial charge in [0.15, 0.2) is 5.75 Å². The fourth-order valence-corrected chi connectivity index (χ4v) is 3.13. The molecule has 1 aliphatic heterocycles. The van der Waals surface area contributed by atoms with Gasteiger partial charge >= 0.3 is 0 Å². The maximum atomic E-state index is 13.2. The summed E-state index contributed by atoms with van der Waals surface area (Å²) < 4.78 is 10.6. The van der Waals surface area contributed by atoms with Crippen molar-refractivity contribution in [1.82, 2.24) is 15.0 Å². The highest BCUT2D eigenvalue weighted by Gasteiger charge is 2.35. The van der Waals surface area contributed by atoms with Crippen LogP contribution < -0.4 is 9.47 Å². The summed E-state index contributed by atoms with van der Waals surface area (Å²) >= 11 is 6.16. The van der Waals surface area contributed by atoms with Gasteiger partial charge in [0.25, 0.3) is 11.8 Å². The van der Waals surface area contributed by atoms with Crippen LogP contribution in [0, 0.1) is 0 Å². The highest BCUT2D eigenvalue weighted by Crippen LogP contribution is 2.37. The van der Waals surface area contributed by atoms with Gasteiger partial charge in [-0.3, -0.25) is 14.6 Å². The predicted molar refractivity (Wildman–Crippen MR) is 95.5 cm³/mol. The Kier molecular flexibility index (Phi) is 5.27. The third-order valence-corrected chi connectivity index (χ3v) is 4.39. The van der Waals surface area contributed by atoms with Gasteiger partial charge in [0.2, 0.25) is 0 Å². The molecule has 0 radical (unpaired) electrons. The predicted octanol–water partition coefficient (Wildman–Crippen LogP) is 2.66. The fourth-order valence-electron chi connectivity index (χ4n) is 2.90. The number of methoxy groups -OCH3 is 2. The number of halogens is 1. The van der Waals surface area contributed by atoms with Crippen molar-refractivity contribution in [3.05, 3.63) is 52.8 Å². The van der Waals surface area contributed by atoms with Crippen LogP contribution in [0.3, 0.4) is 0 Å². The van der Waals surface area contributed by atoms with E-state index in [-0.39, 0.29) is 22.9 Å². The molecule has 0 N–H and O–H groups in total. The standard InChI is InChI=1S/C18H18ClN3O4/c1-25-14-8-7-12(19)16(26-2)15(14)18(24)22-11-5-10-21(22)17(23)13-6-3-4-9-20-13/h3-4,6-9H,5,10-11H2,1-2H3. The highest BCUT2D eigenvalue weighted by atomic mass is 35.5. The van der Waals surface area contributed by atoms with Gasteiger partial charge < -0.3 is 9.47 Å². The maximum absolute atomic E-state index is 13.2. The van der Waals surface area contributed by atoms with Crippen LogP contribution in [0.1, 0.15) is 27.3 Å². The minimum atomic E-state index is -0.414. The van der Waals surface area contributed by atoms with E-state index in [9.17, 15) is 9.59 Å². The Morgan fingerprint density at radius 1 is 1.04 bits per heavy atom. The zero-order valence-corrected chi connectivity index (χ0v) is 15.2. The Hall–Kier alpha value is -2.80. The molecule has 1 fully saturated rings. The molecule has 136 valence electrons. The zero-order valence-electron chi connectivity index (χ0n) is 14.4. The van der Waals surface area contributed by atoms with E-state index in [1.54, 1.807) is 36.5 Å². The van der Waals surface area contributed by atoms with E-state index >= 15 is 0 Å². The molecule has 3 rings (SSSR count). The second kappa shape index (κ2) is 7.61. The van der Waals surface area contributed by atoms with E-state index in [2.05, 4.69) is 4.98 Å². The third-order valence-electron chi connectivity index (χ3n) is 4.09. The van der Waals surface area contributed by atoms with Crippen LogP contribution in [0.4, 0.5) is 0 Å². The number of amides is 2. The summed E-state index contributed by atoms with van der Waals surface area (Å²) in [5.41, 5.74) is 0.459. The Morgan fingerprint density at radius 2 is 1.77 bits per heavy atom. The molecular formula is C18H18ClN3O4. The van der Waals surface area contributed by atoms with Crippen LogP contribution in [-0.4, -0.2) is 54.1 Å². The Bertz CT molecular complexity index is 829. The van der Waals surface area contributed by atoms with Crippen LogP contribution in [0.2, 0.25) is 5.02 Å². The molecule has 7 nitrogen and oxygen atoms in total. The van der Waals surface area contributed by atoms with Gasteiger partial charge in [-0.25, -0.2) is 10.0 Å². The van der Waals surface area contributed by atoms with Crippen LogP contribution in [0.15, 0.2) is 36.5 Å². The molecule has 1 saturated heterocycles. The summed E-state index contributed by atoms with van der Waals surface area (Å²) in [4.78, 5) is 30.0. The number of hydrazine groups is 1. The molecule has 0 unspecified atom stereocenters. The molecular weight excluding hydrogens is 358 g/mol. The topological polar surface area (TPSA) is 72.0 Å². The van der Waals surface area contributed by atoms with E-state index in [0.717, 1.165) is 0 Å². The average Bonchev–Trinajstić information content (AvgIpc) is 3.17. The van der Waals surface area contributed by atoms with Crippen molar-refractivity contribution in [3.63, 3.8) is 0 Å². The van der Waals surface area contributed by atoms with Gasteiger partial charge in [0, 0.05) is 19.3 Å². The highest BCUT2D eigenvalue weighted by molar-refractivity contribution is 6.32. The second-order valence-corrected chi connectivity index (χ2v) is 5.99. The summed E-state index contributed by atoms with van der Waals surface area (Å²) in [6.07, 6.45) is 2.20. The van der Waals surface area contributed by atoms with Crippen LogP contribution >= 0.6 is 11.6 Å². The second-order valence-electron chi connectivity index (χ2n) is 5.58. The lowest BCUT2D eigenvalue weighted by Gasteiger charge is -2.28. The van der Waals surface area contributed by atoms with Crippen molar-refractivity contribution in [1.29, 1.82) is 0 Å². The molecule has 2 amide bonds. The summed E-state index contributed by atoms with van der Waals surface area (Å²) in [7, 11) is 2.89. The summed E-state index contributed by atoms with van der Waals surface area (Å²) in [5.74, 6) is -0.207. The number of carbonyl (C=O) groups is 2. The zero-order chi connectivity index (χ0) is 18.7. The molecule has 1 aromatic carbocycles. The van der Waals surface area contributed by atoms with Crippen LogP contribution in [0.25, 0.3) is 0 Å². The van der Waals surface area contributed by atoms with Crippen molar-refractivity contribution in [3.8, 4) is 11.5 Å². The first-order valence-corrected chi connectivity index (χ1v) is 8.41. The minimum absolute atomic E-state index is 0.184. The van der Waals surface area contributed by atoms with Gasteiger partial charge in [-0.15, -0.1) is 0 Å². The molecule has 26 heavy (non-hydrogen) atoms. The number of carbonyl (C=O) groups excluding carboxylic acids is 2. The number of benzene rings is 1. The summed E-state index contributed by atoms with van der Waals surface area (Å²) in [6, 6.07) is 8.26. The van der Waals surface area contributed by atoms with Crippen LogP contribution in [0.5, 0.6) is 11.5 Å². The molecule has 1 aromatic heterocycles. The third kappa shape index (κ3) is 3.17. The van der Waals surface area contributed by atoms with Crippen molar-refractivity contribution < 1.29 is 19.1 Å². The average molecular weight is 376 g/mol. The molecule has 2 heterocycles. The van der Waals surface area contributed by atoms with Crippen molar-refractivity contribution in [2.75, 3.05) is 27.3 Å². The van der Waals surface area contributed by atoms with E-state index < -0.39 is 5.91 Å². The van der Waals surface area contributed by atoms with E-state index in [1.807, 2.05) is 0 Å². The largest absolute Gasteiger partial charge is 0.496 e. The number of nitrogens with zero attached hydrogens (tertiary/aromatic N) is 3. The van der Waals surface area contributed by atoms with Gasteiger partial charge in [0.05, 0.1) is 19.2 Å². The van der Waals surface area contributed by atoms with Crippen molar-refractivity contribution in [2.24, 2.45) is 0 Å². The summed E-state index contributed by atoms with van der Waals surface area (Å²) in [5, 5.41) is 3.07. The normalized spacial score (nSPS) is 13.7. The van der Waals surface area contributed by atoms with Gasteiger partial charge in [-0.05, 0) is 30.7 Å². The van der Waals surface area contributed by atoms with Gasteiger partial charge in [-0.2, -0.15) is 0 Å². The Labute approximate surface area is 156 Å². The molecule has 0 atom stereocenters. The van der Waals surface area contributed by atoms with Gasteiger partial charge in [-0.1, -0.05) is 17.7 Å². The monoisotopic (exact) mass is 375 g/mol. The maximum Gasteiger partial charge on any atom is 0.291 e. The lowest BCUT2D eigenvalue weighted by molar-refractivity contribution is 0.0178. The quantitative estimate of drug-likeness (QED) is 0.821. The number of ether oxygens (including phenoxy) is 2. The Morgan fingerprint density at radius 3 is 2.38 bits per heavy atom. The number of hydrogen-bond donors (Lipinski definition) is 0. The smallest absolute Gasteiger partial charge is 0.291 e. The molecule has 0 spiro atoms. The first kappa shape index (κ1) is 18.0. The van der Waals surface area contributed by atoms with Crippen molar-refractivity contribution in [2.45, 2.75) is 6.42 Å². The van der Waals surface area contributed by atoms with E-state index in [1.165, 1.54) is 24.2 Å². The fraction of sp³-hybridized carbons (Fsp3) is 0.278. The van der Waals surface area contributed by atoms with Gasteiger partial charge in [0.1, 0.15) is 17.0 Å². The number of aromatic nitrogens is 1. The molecule has 0 aliphatic carbocycles. The van der Waals surface area contributed by atoms with Crippen LogP contribution in [-0.2, 0) is 0 Å². The van der Waals surface area contributed by atoms with E-state index in [4.69, 9.17) is 21.1 Å². The molecule has 0 saturated carbocycles. The summed E-state index contributed by atoms with van der Waals surface area (Å²) in [6.45, 7) is 0.822. The molecule has 1 aliphatic rings. The van der Waals surface area contributed by atoms with Crippen molar-refractivity contribution >= 4 is 23.4 Å². The Balaban J connectivity index is 1.97. The SMILES string of the molecule is COc1ccc(Cl)c(OC)c1C(=O)N1CCCN1C(=O)c1ccccn1.